The number of sulfonamides is 1. The summed E-state index contributed by atoms with van der Waals surface area (Å²) in [6, 6.07) is 5.69. The Kier molecular flexibility index (Phi) is 7.01. The fourth-order valence-corrected chi connectivity index (χ4v) is 7.44. The Balaban J connectivity index is 1.71. The van der Waals surface area contributed by atoms with E-state index in [2.05, 4.69) is 9.71 Å². The molecule has 3 heterocycles. The molecule has 0 saturated carbocycles. The molecule has 9 nitrogen and oxygen atoms in total. The van der Waals surface area contributed by atoms with Crippen LogP contribution in [0.3, 0.4) is 0 Å². The van der Waals surface area contributed by atoms with Gasteiger partial charge in [-0.1, -0.05) is 26.0 Å². The summed E-state index contributed by atoms with van der Waals surface area (Å²) in [6.07, 6.45) is 1.08. The van der Waals surface area contributed by atoms with Crippen LogP contribution in [0, 0.1) is 17.7 Å². The van der Waals surface area contributed by atoms with Crippen molar-refractivity contribution < 1.29 is 31.1 Å². The van der Waals surface area contributed by atoms with Gasteiger partial charge in [-0.25, -0.2) is 12.8 Å². The van der Waals surface area contributed by atoms with Gasteiger partial charge in [0.25, 0.3) is 15.9 Å². The van der Waals surface area contributed by atoms with Crippen molar-refractivity contribution in [2.75, 3.05) is 23.9 Å². The van der Waals surface area contributed by atoms with Crippen molar-refractivity contribution in [2.45, 2.75) is 31.7 Å². The third kappa shape index (κ3) is 5.32. The molecule has 1 atom stereocenters. The number of thiophene rings is 1. The van der Waals surface area contributed by atoms with Gasteiger partial charge in [-0.2, -0.15) is 8.42 Å². The summed E-state index contributed by atoms with van der Waals surface area (Å²) >= 11 is 1.06. The van der Waals surface area contributed by atoms with Gasteiger partial charge in [-0.3, -0.25) is 4.79 Å². The van der Waals surface area contributed by atoms with E-state index in [0.29, 0.717) is 11.1 Å². The standard InChI is InChI=1S/C23H26FN3O6S3/c1-13(2)17-11-27(10-14-4-6-16(24)7-5-14)23(29)18(19(17)28)21-25-22-20(36(32,33)26-21)15(12-34-22)8-9-35(3,30)31/h4-7,12-13,17,28H,8-11H2,1-3H3,(H,25,26). The number of nitrogens with one attached hydrogen (secondary N) is 1. The third-order valence-corrected chi connectivity index (χ3v) is 9.54. The number of aliphatic hydroxyl groups excluding tert-OH is 1. The Morgan fingerprint density at radius 2 is 1.94 bits per heavy atom. The molecule has 194 valence electrons. The number of amidine groups is 1. The molecule has 2 N–H and O–H groups in total. The number of hydrogen-bond donors (Lipinski definition) is 2. The highest BCUT2D eigenvalue weighted by atomic mass is 32.2. The lowest BCUT2D eigenvalue weighted by molar-refractivity contribution is -0.129. The third-order valence-electron chi connectivity index (χ3n) is 6.11. The number of carbonyl (C=O) groups is 1. The zero-order valence-corrected chi connectivity index (χ0v) is 22.3. The van der Waals surface area contributed by atoms with Gasteiger partial charge in [-0.15, -0.1) is 15.7 Å². The van der Waals surface area contributed by atoms with Crippen LogP contribution in [0.5, 0.6) is 0 Å². The maximum Gasteiger partial charge on any atom is 0.287 e. The maximum absolute atomic E-state index is 13.5. The summed E-state index contributed by atoms with van der Waals surface area (Å²) in [5.74, 6) is -2.31. The van der Waals surface area contributed by atoms with E-state index in [4.69, 9.17) is 0 Å². The molecule has 0 bridgehead atoms. The van der Waals surface area contributed by atoms with Crippen molar-refractivity contribution in [1.29, 1.82) is 0 Å². The minimum Gasteiger partial charge on any atom is -0.511 e. The van der Waals surface area contributed by atoms with Crippen molar-refractivity contribution in [3.8, 4) is 0 Å². The van der Waals surface area contributed by atoms with Crippen LogP contribution in [0.25, 0.3) is 0 Å². The van der Waals surface area contributed by atoms with E-state index in [1.165, 1.54) is 17.0 Å². The van der Waals surface area contributed by atoms with Gasteiger partial charge in [-0.05, 0) is 41.0 Å². The molecule has 1 amide bonds. The first-order chi connectivity index (χ1) is 16.8. The number of hydrogen-bond acceptors (Lipinski definition) is 8. The summed E-state index contributed by atoms with van der Waals surface area (Å²) in [7, 11) is -7.59. The summed E-state index contributed by atoms with van der Waals surface area (Å²) < 4.78 is 66.6. The minimum atomic E-state index is -4.28. The summed E-state index contributed by atoms with van der Waals surface area (Å²) in [6.45, 7) is 4.09. The van der Waals surface area contributed by atoms with Crippen LogP contribution >= 0.6 is 11.3 Å². The quantitative estimate of drug-likeness (QED) is 0.536. The van der Waals surface area contributed by atoms with Crippen LogP contribution < -0.4 is 5.32 Å². The molecule has 1 aromatic heterocycles. The number of carbonyl (C=O) groups excluding carboxylic acids is 1. The van der Waals surface area contributed by atoms with Gasteiger partial charge in [0.15, 0.2) is 5.84 Å². The lowest BCUT2D eigenvalue weighted by Gasteiger charge is -2.36. The Bertz CT molecular complexity index is 1480. The van der Waals surface area contributed by atoms with Crippen LogP contribution in [-0.4, -0.2) is 57.1 Å². The number of rotatable bonds is 7. The highest BCUT2D eigenvalue weighted by Gasteiger charge is 2.41. The first-order valence-corrected chi connectivity index (χ1v) is 15.5. The second-order valence-electron chi connectivity index (χ2n) is 9.26. The number of benzene rings is 1. The first-order valence-electron chi connectivity index (χ1n) is 11.1. The maximum atomic E-state index is 13.5. The van der Waals surface area contributed by atoms with Crippen LogP contribution in [0.1, 0.15) is 25.0 Å². The molecule has 1 aromatic carbocycles. The number of anilines is 1. The van der Waals surface area contributed by atoms with E-state index < -0.39 is 37.5 Å². The number of fused-ring (bicyclic) bond motifs is 1. The Hall–Kier alpha value is -2.77. The monoisotopic (exact) mass is 555 g/mol. The van der Waals surface area contributed by atoms with E-state index >= 15 is 0 Å². The molecule has 1 unspecified atom stereocenters. The molecule has 0 saturated heterocycles. The average Bonchev–Trinajstić information content (AvgIpc) is 3.19. The normalized spacial score (nSPS) is 19.8. The smallest absolute Gasteiger partial charge is 0.287 e. The predicted molar refractivity (Wildman–Crippen MR) is 136 cm³/mol. The number of halogens is 1. The lowest BCUT2D eigenvalue weighted by atomic mass is 9.86. The number of amides is 1. The van der Waals surface area contributed by atoms with Crippen molar-refractivity contribution in [2.24, 2.45) is 16.2 Å². The van der Waals surface area contributed by atoms with Crippen LogP contribution in [0.15, 0.2) is 50.3 Å². The van der Waals surface area contributed by atoms with Gasteiger partial charge in [0.1, 0.15) is 36.9 Å². The lowest BCUT2D eigenvalue weighted by Crippen LogP contribution is -2.46. The van der Waals surface area contributed by atoms with Crippen molar-refractivity contribution in [3.63, 3.8) is 0 Å². The molecule has 0 spiro atoms. The second kappa shape index (κ2) is 9.60. The van der Waals surface area contributed by atoms with E-state index in [9.17, 15) is 31.1 Å². The van der Waals surface area contributed by atoms with Crippen molar-refractivity contribution in [1.82, 2.24) is 4.90 Å². The summed E-state index contributed by atoms with van der Waals surface area (Å²) in [4.78, 5) is 14.8. The van der Waals surface area contributed by atoms with E-state index in [-0.39, 0.29) is 58.2 Å². The van der Waals surface area contributed by atoms with Crippen molar-refractivity contribution >= 4 is 47.9 Å². The summed E-state index contributed by atoms with van der Waals surface area (Å²) in [5.41, 5.74) is 0.763. The first kappa shape index (κ1) is 26.3. The number of nitrogens with zero attached hydrogens (tertiary/aromatic N) is 2. The van der Waals surface area contributed by atoms with E-state index in [1.54, 1.807) is 17.5 Å². The molecule has 2 aliphatic rings. The van der Waals surface area contributed by atoms with E-state index in [1.807, 2.05) is 13.8 Å². The highest BCUT2D eigenvalue weighted by Crippen LogP contribution is 2.39. The molecule has 0 radical (unpaired) electrons. The molecule has 2 aromatic rings. The highest BCUT2D eigenvalue weighted by molar-refractivity contribution is 7.91. The Morgan fingerprint density at radius 1 is 1.28 bits per heavy atom. The average molecular weight is 556 g/mol. The fraction of sp³-hybridized carbons (Fsp3) is 0.391. The largest absolute Gasteiger partial charge is 0.511 e. The SMILES string of the molecule is CC(C)C1CN(Cc2ccc(F)cc2)C(=O)C(C2=NS(=O)(=O)c3c(CCS(C)(=O)=O)csc3N2)=C1O. The molecule has 4 rings (SSSR count). The molecular weight excluding hydrogens is 529 g/mol. The Morgan fingerprint density at radius 3 is 2.56 bits per heavy atom. The summed E-state index contributed by atoms with van der Waals surface area (Å²) in [5, 5.41) is 15.7. The zero-order chi connectivity index (χ0) is 26.4. The van der Waals surface area contributed by atoms with Crippen LogP contribution in [0.2, 0.25) is 0 Å². The molecule has 2 aliphatic heterocycles. The molecule has 0 aliphatic carbocycles. The van der Waals surface area contributed by atoms with Gasteiger partial charge in [0, 0.05) is 25.3 Å². The second-order valence-corrected chi connectivity index (χ2v) is 13.9. The fourth-order valence-electron chi connectivity index (χ4n) is 4.18. The number of aliphatic hydroxyl groups is 1. The molecule has 0 fully saturated rings. The van der Waals surface area contributed by atoms with E-state index in [0.717, 1.165) is 17.6 Å². The van der Waals surface area contributed by atoms with Gasteiger partial charge in [0.2, 0.25) is 0 Å². The van der Waals surface area contributed by atoms with Gasteiger partial charge in [0.05, 0.1) is 5.75 Å². The van der Waals surface area contributed by atoms with Gasteiger partial charge >= 0.3 is 0 Å². The van der Waals surface area contributed by atoms with Crippen LogP contribution in [-0.2, 0) is 37.6 Å². The minimum absolute atomic E-state index is 0.00415. The molecule has 13 heteroatoms. The number of aryl methyl sites for hydroxylation is 1. The van der Waals surface area contributed by atoms with Gasteiger partial charge < -0.3 is 15.3 Å². The molecular formula is C23H26FN3O6S3. The zero-order valence-electron chi connectivity index (χ0n) is 19.9. The molecule has 36 heavy (non-hydrogen) atoms. The van der Waals surface area contributed by atoms with Crippen molar-refractivity contribution in [3.05, 3.63) is 57.9 Å². The number of sulfone groups is 1. The van der Waals surface area contributed by atoms with Crippen LogP contribution in [0.4, 0.5) is 9.39 Å². The topological polar surface area (TPSA) is 133 Å². The predicted octanol–water partition coefficient (Wildman–Crippen LogP) is 3.11. The Labute approximate surface area is 213 Å².